The van der Waals surface area contributed by atoms with Crippen LogP contribution in [0.5, 0.6) is 0 Å². The highest BCUT2D eigenvalue weighted by Crippen LogP contribution is 2.40. The van der Waals surface area contributed by atoms with Gasteiger partial charge in [0.25, 0.3) is 0 Å². The van der Waals surface area contributed by atoms with E-state index in [1.165, 1.54) is 19.3 Å². The summed E-state index contributed by atoms with van der Waals surface area (Å²) in [5.74, 6) is 0.594. The first kappa shape index (κ1) is 13.7. The molecule has 2 rings (SSSR count). The van der Waals surface area contributed by atoms with Crippen LogP contribution in [0.1, 0.15) is 52.9 Å². The molecule has 1 aliphatic carbocycles. The van der Waals surface area contributed by atoms with Crippen molar-refractivity contribution in [3.05, 3.63) is 0 Å². The number of likely N-dealkylation sites (tertiary alicyclic amines) is 1. The SMILES string of the molecule is COC1C[C@@H]2CCCC[C@@H]2N1C(=O)OC(C)(C)C. The van der Waals surface area contributed by atoms with Gasteiger partial charge < -0.3 is 9.47 Å². The van der Waals surface area contributed by atoms with Gasteiger partial charge in [-0.3, -0.25) is 4.90 Å². The van der Waals surface area contributed by atoms with Crippen LogP contribution in [0, 0.1) is 5.92 Å². The first-order valence-corrected chi connectivity index (χ1v) is 6.96. The minimum absolute atomic E-state index is 0.104. The van der Waals surface area contributed by atoms with E-state index < -0.39 is 5.60 Å². The molecule has 0 N–H and O–H groups in total. The number of amides is 1. The molecule has 1 aliphatic heterocycles. The summed E-state index contributed by atoms with van der Waals surface area (Å²) in [4.78, 5) is 14.2. The Labute approximate surface area is 110 Å². The molecule has 4 nitrogen and oxygen atoms in total. The molecule has 2 aliphatic rings. The Morgan fingerprint density at radius 3 is 2.50 bits per heavy atom. The van der Waals surface area contributed by atoms with E-state index in [0.717, 1.165) is 12.8 Å². The Balaban J connectivity index is 2.10. The average molecular weight is 255 g/mol. The van der Waals surface area contributed by atoms with Gasteiger partial charge in [-0.25, -0.2) is 4.79 Å². The summed E-state index contributed by atoms with van der Waals surface area (Å²) in [7, 11) is 1.68. The monoisotopic (exact) mass is 255 g/mol. The highest BCUT2D eigenvalue weighted by atomic mass is 16.6. The van der Waals surface area contributed by atoms with Crippen LogP contribution in [-0.4, -0.2) is 36.0 Å². The molecule has 1 unspecified atom stereocenters. The van der Waals surface area contributed by atoms with E-state index in [2.05, 4.69) is 0 Å². The number of fused-ring (bicyclic) bond motifs is 1. The van der Waals surface area contributed by atoms with E-state index in [-0.39, 0.29) is 12.3 Å². The maximum Gasteiger partial charge on any atom is 0.412 e. The highest BCUT2D eigenvalue weighted by molar-refractivity contribution is 5.69. The summed E-state index contributed by atoms with van der Waals surface area (Å²) in [5.41, 5.74) is -0.442. The van der Waals surface area contributed by atoms with Crippen LogP contribution in [0.4, 0.5) is 4.79 Å². The zero-order chi connectivity index (χ0) is 13.3. The third-order valence-corrected chi connectivity index (χ3v) is 3.92. The molecule has 18 heavy (non-hydrogen) atoms. The normalized spacial score (nSPS) is 32.2. The zero-order valence-electron chi connectivity index (χ0n) is 11.9. The van der Waals surface area contributed by atoms with E-state index in [1.54, 1.807) is 7.11 Å². The fourth-order valence-electron chi connectivity index (χ4n) is 3.19. The van der Waals surface area contributed by atoms with Crippen LogP contribution < -0.4 is 0 Å². The van der Waals surface area contributed by atoms with Crippen molar-refractivity contribution in [2.24, 2.45) is 5.92 Å². The van der Waals surface area contributed by atoms with Gasteiger partial charge in [-0.1, -0.05) is 12.8 Å². The molecule has 3 atom stereocenters. The summed E-state index contributed by atoms with van der Waals surface area (Å²) in [5, 5.41) is 0. The summed E-state index contributed by atoms with van der Waals surface area (Å²) < 4.78 is 11.0. The van der Waals surface area contributed by atoms with Crippen molar-refractivity contribution < 1.29 is 14.3 Å². The molecule has 1 heterocycles. The van der Waals surface area contributed by atoms with Gasteiger partial charge in [0.05, 0.1) is 0 Å². The van der Waals surface area contributed by atoms with Crippen molar-refractivity contribution in [2.45, 2.75) is 70.7 Å². The predicted molar refractivity (Wildman–Crippen MR) is 69.2 cm³/mol. The van der Waals surface area contributed by atoms with Crippen molar-refractivity contribution in [1.82, 2.24) is 4.90 Å². The van der Waals surface area contributed by atoms with Crippen LogP contribution in [0.25, 0.3) is 0 Å². The lowest BCUT2D eigenvalue weighted by molar-refractivity contribution is -0.0434. The number of hydrogen-bond acceptors (Lipinski definition) is 3. The van der Waals surface area contributed by atoms with E-state index in [4.69, 9.17) is 9.47 Å². The molecule has 0 bridgehead atoms. The molecule has 0 aromatic carbocycles. The molecule has 4 heteroatoms. The van der Waals surface area contributed by atoms with Gasteiger partial charge in [0.15, 0.2) is 0 Å². The van der Waals surface area contributed by atoms with Crippen molar-refractivity contribution in [3.63, 3.8) is 0 Å². The maximum atomic E-state index is 12.3. The Hall–Kier alpha value is -0.770. The second kappa shape index (κ2) is 5.08. The second-order valence-electron chi connectivity index (χ2n) is 6.43. The van der Waals surface area contributed by atoms with Gasteiger partial charge in [0.1, 0.15) is 11.8 Å². The Morgan fingerprint density at radius 1 is 1.22 bits per heavy atom. The molecule has 104 valence electrons. The first-order valence-electron chi connectivity index (χ1n) is 6.96. The summed E-state index contributed by atoms with van der Waals surface area (Å²) >= 11 is 0. The highest BCUT2D eigenvalue weighted by Gasteiger charge is 2.46. The molecule has 1 amide bonds. The number of carbonyl (C=O) groups excluding carboxylic acids is 1. The zero-order valence-corrected chi connectivity index (χ0v) is 11.9. The van der Waals surface area contributed by atoms with E-state index in [1.807, 2.05) is 25.7 Å². The van der Waals surface area contributed by atoms with Crippen LogP contribution in [-0.2, 0) is 9.47 Å². The maximum absolute atomic E-state index is 12.3. The smallest absolute Gasteiger partial charge is 0.412 e. The topological polar surface area (TPSA) is 38.8 Å². The fourth-order valence-corrected chi connectivity index (χ4v) is 3.19. The summed E-state index contributed by atoms with van der Waals surface area (Å²) in [6, 6.07) is 0.318. The largest absolute Gasteiger partial charge is 0.444 e. The number of hydrogen-bond donors (Lipinski definition) is 0. The lowest BCUT2D eigenvalue weighted by atomic mass is 9.85. The Kier molecular flexibility index (Phi) is 3.85. The van der Waals surface area contributed by atoms with E-state index in [0.29, 0.717) is 12.0 Å². The lowest BCUT2D eigenvalue weighted by Gasteiger charge is -2.34. The lowest BCUT2D eigenvalue weighted by Crippen LogP contribution is -2.46. The molecule has 2 fully saturated rings. The van der Waals surface area contributed by atoms with E-state index in [9.17, 15) is 4.79 Å². The summed E-state index contributed by atoms with van der Waals surface area (Å²) in [6.07, 6.45) is 5.42. The molecule has 0 radical (unpaired) electrons. The van der Waals surface area contributed by atoms with Crippen molar-refractivity contribution >= 4 is 6.09 Å². The second-order valence-corrected chi connectivity index (χ2v) is 6.43. The number of ether oxygens (including phenoxy) is 2. The number of carbonyl (C=O) groups is 1. The molecule has 0 spiro atoms. The van der Waals surface area contributed by atoms with Crippen LogP contribution in [0.2, 0.25) is 0 Å². The minimum atomic E-state index is -0.442. The van der Waals surface area contributed by atoms with Crippen molar-refractivity contribution in [3.8, 4) is 0 Å². The van der Waals surface area contributed by atoms with Crippen LogP contribution in [0.15, 0.2) is 0 Å². The van der Waals surface area contributed by atoms with Crippen LogP contribution in [0.3, 0.4) is 0 Å². The molecule has 0 aromatic rings. The molecule has 1 saturated carbocycles. The van der Waals surface area contributed by atoms with Gasteiger partial charge >= 0.3 is 6.09 Å². The average Bonchev–Trinajstić information content (AvgIpc) is 2.64. The molecular weight excluding hydrogens is 230 g/mol. The van der Waals surface area contributed by atoms with Crippen LogP contribution >= 0.6 is 0 Å². The Bertz CT molecular complexity index is 311. The fraction of sp³-hybridized carbons (Fsp3) is 0.929. The van der Waals surface area contributed by atoms with Gasteiger partial charge in [-0.2, -0.15) is 0 Å². The van der Waals surface area contributed by atoms with Crippen molar-refractivity contribution in [2.75, 3.05) is 7.11 Å². The minimum Gasteiger partial charge on any atom is -0.444 e. The first-order chi connectivity index (χ1) is 8.42. The Morgan fingerprint density at radius 2 is 1.89 bits per heavy atom. The molecule has 1 saturated heterocycles. The van der Waals surface area contributed by atoms with Gasteiger partial charge in [-0.15, -0.1) is 0 Å². The molecule has 0 aromatic heterocycles. The number of nitrogens with zero attached hydrogens (tertiary/aromatic N) is 1. The summed E-state index contributed by atoms with van der Waals surface area (Å²) in [6.45, 7) is 5.71. The standard InChI is InChI=1S/C14H25NO3/c1-14(2,3)18-13(16)15-11-8-6-5-7-10(11)9-12(15)17-4/h10-12H,5-9H2,1-4H3/t10-,11-,12?/m0/s1. The van der Waals surface area contributed by atoms with Gasteiger partial charge in [-0.05, 0) is 46.0 Å². The van der Waals surface area contributed by atoms with Crippen molar-refractivity contribution in [1.29, 1.82) is 0 Å². The number of methoxy groups -OCH3 is 1. The van der Waals surface area contributed by atoms with E-state index >= 15 is 0 Å². The quantitative estimate of drug-likeness (QED) is 0.722. The number of rotatable bonds is 1. The molecular formula is C14H25NO3. The predicted octanol–water partition coefficient (Wildman–Crippen LogP) is 3.16. The third-order valence-electron chi connectivity index (χ3n) is 3.92. The van der Waals surface area contributed by atoms with Gasteiger partial charge in [0.2, 0.25) is 0 Å². The third kappa shape index (κ3) is 2.79. The van der Waals surface area contributed by atoms with Gasteiger partial charge in [0, 0.05) is 13.2 Å².